The quantitative estimate of drug-likeness (QED) is 0.314. The Morgan fingerprint density at radius 2 is 1.78 bits per heavy atom. The maximum absolute atomic E-state index is 11.3. The third-order valence-electron chi connectivity index (χ3n) is 6.28. The standard InChI is InChI=1S/C16H22ClNO.C13H10N2O2/c17-15-12-13(4-3-11-18-9-1-2-10-18)5-8-16(15)19-14-6-7-14;14-13(17)12(16)10-6-4-9(5-7-10)11-3-1-2-8-15-11/h5,8,12,14H,1-4,6-7,9-11H2;1-8H,(H2,14,17). The molecule has 0 atom stereocenters. The lowest BCUT2D eigenvalue weighted by Crippen LogP contribution is -2.22. The molecule has 0 spiro atoms. The largest absolute Gasteiger partial charge is 0.489 e. The number of hydrogen-bond acceptors (Lipinski definition) is 5. The van der Waals surface area contributed by atoms with Gasteiger partial charge in [0.1, 0.15) is 5.75 Å². The Bertz CT molecular complexity index is 1160. The number of aromatic nitrogens is 1. The Labute approximate surface area is 217 Å². The molecule has 36 heavy (non-hydrogen) atoms. The first-order chi connectivity index (χ1) is 17.5. The Hall–Kier alpha value is -3.22. The average molecular weight is 506 g/mol. The minimum Gasteiger partial charge on any atom is -0.489 e. The number of primary amides is 1. The summed E-state index contributed by atoms with van der Waals surface area (Å²) in [6.45, 7) is 3.79. The zero-order chi connectivity index (χ0) is 25.3. The lowest BCUT2D eigenvalue weighted by molar-refractivity contribution is -0.114. The zero-order valence-corrected chi connectivity index (χ0v) is 21.1. The zero-order valence-electron chi connectivity index (χ0n) is 20.4. The van der Waals surface area contributed by atoms with Crippen LogP contribution in [0.4, 0.5) is 0 Å². The molecule has 1 aliphatic heterocycles. The van der Waals surface area contributed by atoms with Crippen LogP contribution in [0.2, 0.25) is 5.02 Å². The number of carbonyl (C=O) groups excluding carboxylic acids is 2. The summed E-state index contributed by atoms with van der Waals surface area (Å²) >= 11 is 6.27. The molecule has 1 aromatic heterocycles. The van der Waals surface area contributed by atoms with E-state index in [1.54, 1.807) is 30.5 Å². The number of rotatable bonds is 9. The van der Waals surface area contributed by atoms with Gasteiger partial charge >= 0.3 is 0 Å². The van der Waals surface area contributed by atoms with E-state index in [-0.39, 0.29) is 5.56 Å². The highest BCUT2D eigenvalue weighted by molar-refractivity contribution is 6.42. The second-order valence-electron chi connectivity index (χ2n) is 9.22. The van der Waals surface area contributed by atoms with Crippen LogP contribution < -0.4 is 10.5 Å². The van der Waals surface area contributed by atoms with Gasteiger partial charge in [-0.3, -0.25) is 14.6 Å². The molecular weight excluding hydrogens is 474 g/mol. The molecule has 6 nitrogen and oxygen atoms in total. The normalized spacial score (nSPS) is 15.1. The van der Waals surface area contributed by atoms with Gasteiger partial charge in [0.15, 0.2) is 0 Å². The summed E-state index contributed by atoms with van der Waals surface area (Å²) < 4.78 is 5.76. The molecule has 5 rings (SSSR count). The van der Waals surface area contributed by atoms with E-state index in [1.165, 1.54) is 57.3 Å². The molecule has 7 heteroatoms. The summed E-state index contributed by atoms with van der Waals surface area (Å²) in [5.74, 6) is -0.777. The lowest BCUT2D eigenvalue weighted by Gasteiger charge is -2.14. The van der Waals surface area contributed by atoms with E-state index in [0.29, 0.717) is 6.10 Å². The van der Waals surface area contributed by atoms with Crippen LogP contribution in [-0.2, 0) is 11.2 Å². The summed E-state index contributed by atoms with van der Waals surface area (Å²) in [5.41, 5.74) is 8.22. The first-order valence-electron chi connectivity index (χ1n) is 12.5. The van der Waals surface area contributed by atoms with Crippen molar-refractivity contribution < 1.29 is 14.3 Å². The number of halogens is 1. The Balaban J connectivity index is 0.000000170. The second-order valence-corrected chi connectivity index (χ2v) is 9.63. The van der Waals surface area contributed by atoms with Crippen molar-refractivity contribution in [3.8, 4) is 17.0 Å². The molecule has 2 aliphatic rings. The number of hydrogen-bond donors (Lipinski definition) is 1. The van der Waals surface area contributed by atoms with Gasteiger partial charge in [-0.1, -0.05) is 48.0 Å². The van der Waals surface area contributed by atoms with Crippen molar-refractivity contribution in [2.75, 3.05) is 19.6 Å². The number of nitrogens with two attached hydrogens (primary N) is 1. The number of pyridine rings is 1. The molecule has 0 unspecified atom stereocenters. The first-order valence-corrected chi connectivity index (χ1v) is 12.9. The van der Waals surface area contributed by atoms with Crippen LogP contribution in [0.5, 0.6) is 5.75 Å². The van der Waals surface area contributed by atoms with Gasteiger partial charge in [-0.25, -0.2) is 0 Å². The highest BCUT2D eigenvalue weighted by atomic mass is 35.5. The fourth-order valence-corrected chi connectivity index (χ4v) is 4.39. The summed E-state index contributed by atoms with van der Waals surface area (Å²) in [4.78, 5) is 28.8. The third-order valence-corrected chi connectivity index (χ3v) is 6.58. The van der Waals surface area contributed by atoms with Crippen LogP contribution in [0.15, 0.2) is 66.9 Å². The van der Waals surface area contributed by atoms with Crippen molar-refractivity contribution >= 4 is 23.3 Å². The van der Waals surface area contributed by atoms with Gasteiger partial charge in [-0.2, -0.15) is 0 Å². The van der Waals surface area contributed by atoms with Crippen LogP contribution in [-0.4, -0.2) is 47.3 Å². The number of aryl methyl sites for hydroxylation is 1. The molecular formula is C29H32ClN3O3. The van der Waals surface area contributed by atoms with Gasteiger partial charge in [0, 0.05) is 17.3 Å². The van der Waals surface area contributed by atoms with Crippen LogP contribution in [0, 0.1) is 0 Å². The smallest absolute Gasteiger partial charge is 0.289 e. The number of carbonyl (C=O) groups is 2. The topological polar surface area (TPSA) is 85.5 Å². The average Bonchev–Trinajstić information content (AvgIpc) is 3.57. The second kappa shape index (κ2) is 12.7. The van der Waals surface area contributed by atoms with Crippen molar-refractivity contribution in [1.29, 1.82) is 0 Å². The fraction of sp³-hybridized carbons (Fsp3) is 0.345. The first kappa shape index (κ1) is 25.9. The minimum atomic E-state index is -0.949. The number of likely N-dealkylation sites (tertiary alicyclic amines) is 1. The molecule has 0 radical (unpaired) electrons. The van der Waals surface area contributed by atoms with Crippen LogP contribution >= 0.6 is 11.6 Å². The molecule has 1 saturated heterocycles. The lowest BCUT2D eigenvalue weighted by atomic mass is 10.1. The van der Waals surface area contributed by atoms with E-state index in [9.17, 15) is 9.59 Å². The monoisotopic (exact) mass is 505 g/mol. The van der Waals surface area contributed by atoms with Gasteiger partial charge in [0.2, 0.25) is 5.78 Å². The van der Waals surface area contributed by atoms with Gasteiger partial charge in [-0.05, 0) is 88.0 Å². The maximum Gasteiger partial charge on any atom is 0.289 e. The van der Waals surface area contributed by atoms with Crippen molar-refractivity contribution in [3.05, 3.63) is 83.0 Å². The van der Waals surface area contributed by atoms with E-state index < -0.39 is 11.7 Å². The Morgan fingerprint density at radius 1 is 1.03 bits per heavy atom. The van der Waals surface area contributed by atoms with E-state index in [0.717, 1.165) is 28.5 Å². The number of ketones is 1. The molecule has 0 bridgehead atoms. The van der Waals surface area contributed by atoms with Gasteiger partial charge in [0.05, 0.1) is 16.8 Å². The fourth-order valence-electron chi connectivity index (χ4n) is 4.14. The highest BCUT2D eigenvalue weighted by Crippen LogP contribution is 2.32. The SMILES string of the molecule is Clc1cc(CCCN2CCCC2)ccc1OC1CC1.NC(=O)C(=O)c1ccc(-c2ccccn2)cc1. The van der Waals surface area contributed by atoms with Crippen LogP contribution in [0.3, 0.4) is 0 Å². The number of Topliss-reactive ketones (excluding diaryl/α,β-unsaturated/α-hetero) is 1. The molecule has 2 heterocycles. The summed E-state index contributed by atoms with van der Waals surface area (Å²) in [7, 11) is 0. The van der Waals surface area contributed by atoms with E-state index in [4.69, 9.17) is 22.1 Å². The molecule has 1 aliphatic carbocycles. The minimum absolute atomic E-state index is 0.289. The van der Waals surface area contributed by atoms with Crippen molar-refractivity contribution in [2.24, 2.45) is 5.73 Å². The molecule has 2 fully saturated rings. The van der Waals surface area contributed by atoms with Crippen LogP contribution in [0.1, 0.15) is 48.0 Å². The molecule has 2 N–H and O–H groups in total. The predicted octanol–water partition coefficient (Wildman–Crippen LogP) is 5.33. The summed E-state index contributed by atoms with van der Waals surface area (Å²) in [6, 6.07) is 18.4. The Kier molecular flexibility index (Phi) is 9.09. The van der Waals surface area contributed by atoms with E-state index in [1.807, 2.05) is 24.3 Å². The van der Waals surface area contributed by atoms with E-state index in [2.05, 4.69) is 22.0 Å². The number of ether oxygens (including phenoxy) is 1. The predicted molar refractivity (Wildman–Crippen MR) is 142 cm³/mol. The summed E-state index contributed by atoms with van der Waals surface area (Å²) in [6.07, 6.45) is 9.54. The van der Waals surface area contributed by atoms with Crippen LogP contribution in [0.25, 0.3) is 11.3 Å². The van der Waals surface area contributed by atoms with Crippen molar-refractivity contribution in [1.82, 2.24) is 9.88 Å². The van der Waals surface area contributed by atoms with Crippen molar-refractivity contribution in [3.63, 3.8) is 0 Å². The third kappa shape index (κ3) is 7.64. The Morgan fingerprint density at radius 3 is 2.39 bits per heavy atom. The number of benzene rings is 2. The van der Waals surface area contributed by atoms with Gasteiger partial charge in [0.25, 0.3) is 5.91 Å². The molecule has 1 saturated carbocycles. The molecule has 3 aromatic rings. The molecule has 188 valence electrons. The maximum atomic E-state index is 11.3. The highest BCUT2D eigenvalue weighted by Gasteiger charge is 2.24. The number of amides is 1. The molecule has 2 aromatic carbocycles. The van der Waals surface area contributed by atoms with Crippen molar-refractivity contribution in [2.45, 2.75) is 44.6 Å². The summed E-state index contributed by atoms with van der Waals surface area (Å²) in [5, 5.41) is 0.769. The van der Waals surface area contributed by atoms with Gasteiger partial charge in [-0.15, -0.1) is 0 Å². The van der Waals surface area contributed by atoms with E-state index >= 15 is 0 Å². The molecule has 1 amide bonds. The number of nitrogens with zero attached hydrogens (tertiary/aromatic N) is 2. The van der Waals surface area contributed by atoms with Gasteiger partial charge < -0.3 is 15.4 Å².